The maximum atomic E-state index is 15.9. The summed E-state index contributed by atoms with van der Waals surface area (Å²) in [6, 6.07) is 11.3. The summed E-state index contributed by atoms with van der Waals surface area (Å²) >= 11 is 1.72. The number of hydrogen-bond donors (Lipinski definition) is 2. The van der Waals surface area contributed by atoms with Crippen molar-refractivity contribution in [3.05, 3.63) is 59.9 Å². The van der Waals surface area contributed by atoms with E-state index in [4.69, 9.17) is 10.5 Å². The van der Waals surface area contributed by atoms with Crippen LogP contribution in [0.15, 0.2) is 53.8 Å². The topological polar surface area (TPSA) is 102 Å². The number of likely N-dealkylation sites (tertiary alicyclic amines) is 1. The number of methoxy groups -OCH3 is 1. The van der Waals surface area contributed by atoms with E-state index < -0.39 is 17.6 Å². The average Bonchev–Trinajstić information content (AvgIpc) is 2.92. The van der Waals surface area contributed by atoms with Crippen molar-refractivity contribution < 1.29 is 19.0 Å². The number of alkyl halides is 1. The van der Waals surface area contributed by atoms with Crippen LogP contribution in [-0.2, 0) is 11.3 Å². The molecule has 9 heteroatoms. The Hall–Kier alpha value is -2.75. The van der Waals surface area contributed by atoms with E-state index >= 15 is 4.39 Å². The number of fused-ring (bicyclic) bond motifs is 1. The molecule has 0 spiro atoms. The number of halogens is 1. The zero-order chi connectivity index (χ0) is 26.3. The van der Waals surface area contributed by atoms with Crippen molar-refractivity contribution in [1.82, 2.24) is 14.9 Å². The van der Waals surface area contributed by atoms with E-state index in [1.54, 1.807) is 43.4 Å². The number of carboxylic acid groups (broad SMARTS) is 1. The number of benzene rings is 1. The third kappa shape index (κ3) is 6.97. The van der Waals surface area contributed by atoms with E-state index in [0.29, 0.717) is 34.2 Å². The lowest BCUT2D eigenvalue weighted by atomic mass is 9.71. The van der Waals surface area contributed by atoms with Gasteiger partial charge in [0.25, 0.3) is 0 Å². The third-order valence-corrected chi connectivity index (χ3v) is 8.32. The quantitative estimate of drug-likeness (QED) is 0.309. The van der Waals surface area contributed by atoms with Gasteiger partial charge in [0.15, 0.2) is 0 Å². The van der Waals surface area contributed by atoms with Crippen molar-refractivity contribution in [2.75, 3.05) is 32.5 Å². The summed E-state index contributed by atoms with van der Waals surface area (Å²) in [4.78, 5) is 22.9. The van der Waals surface area contributed by atoms with Crippen molar-refractivity contribution >= 4 is 28.6 Å². The highest BCUT2D eigenvalue weighted by molar-refractivity contribution is 7.99. The van der Waals surface area contributed by atoms with Gasteiger partial charge in [0.05, 0.1) is 24.1 Å². The lowest BCUT2D eigenvalue weighted by Gasteiger charge is -2.41. The van der Waals surface area contributed by atoms with Crippen LogP contribution in [0.2, 0.25) is 0 Å². The molecule has 7 nitrogen and oxygen atoms in total. The Kier molecular flexibility index (Phi) is 9.34. The molecule has 4 rings (SSSR count). The number of thioether (sulfide) groups is 1. The number of pyridine rings is 2. The van der Waals surface area contributed by atoms with Crippen LogP contribution >= 0.6 is 11.8 Å². The monoisotopic (exact) mass is 526 g/mol. The number of aliphatic carboxylic acids is 1. The van der Waals surface area contributed by atoms with Crippen LogP contribution in [0.25, 0.3) is 10.9 Å². The SMILES string of the molecule is COc1ccc2ncc(CN)c([C@@H](F)CCC3(CC(=O)O)CCN(CCSc4ccccn4)CC3)c2c1. The van der Waals surface area contributed by atoms with Gasteiger partial charge in [0, 0.05) is 42.2 Å². The number of carbonyl (C=O) groups is 1. The highest BCUT2D eigenvalue weighted by Gasteiger charge is 2.37. The van der Waals surface area contributed by atoms with Gasteiger partial charge in [-0.2, -0.15) is 0 Å². The molecule has 0 amide bonds. The Morgan fingerprint density at radius 3 is 2.76 bits per heavy atom. The molecule has 1 saturated heterocycles. The molecule has 1 aromatic carbocycles. The Balaban J connectivity index is 1.42. The molecule has 0 saturated carbocycles. The van der Waals surface area contributed by atoms with Gasteiger partial charge in [-0.05, 0) is 80.1 Å². The summed E-state index contributed by atoms with van der Waals surface area (Å²) < 4.78 is 21.3. The predicted octanol–water partition coefficient (Wildman–Crippen LogP) is 5.24. The van der Waals surface area contributed by atoms with Gasteiger partial charge in [-0.15, -0.1) is 11.8 Å². The summed E-state index contributed by atoms with van der Waals surface area (Å²) in [6.45, 7) is 2.73. The van der Waals surface area contributed by atoms with E-state index in [9.17, 15) is 9.90 Å². The van der Waals surface area contributed by atoms with E-state index in [0.717, 1.165) is 43.3 Å². The fourth-order valence-electron chi connectivity index (χ4n) is 5.27. The van der Waals surface area contributed by atoms with Crippen molar-refractivity contribution in [1.29, 1.82) is 0 Å². The minimum absolute atomic E-state index is 0.0604. The maximum Gasteiger partial charge on any atom is 0.303 e. The molecule has 1 aliphatic rings. The summed E-state index contributed by atoms with van der Waals surface area (Å²) in [7, 11) is 1.58. The molecule has 37 heavy (non-hydrogen) atoms. The van der Waals surface area contributed by atoms with Gasteiger partial charge in [0.1, 0.15) is 11.9 Å². The summed E-state index contributed by atoms with van der Waals surface area (Å²) in [5.41, 5.74) is 7.43. The average molecular weight is 527 g/mol. The minimum atomic E-state index is -1.27. The van der Waals surface area contributed by atoms with Crippen LogP contribution in [-0.4, -0.2) is 58.4 Å². The Morgan fingerprint density at radius 1 is 1.27 bits per heavy atom. The highest BCUT2D eigenvalue weighted by Crippen LogP contribution is 2.43. The first kappa shape index (κ1) is 27.3. The second-order valence-corrected chi connectivity index (χ2v) is 10.8. The van der Waals surface area contributed by atoms with Crippen LogP contribution in [0.5, 0.6) is 5.75 Å². The van der Waals surface area contributed by atoms with Crippen LogP contribution in [0.1, 0.15) is 49.4 Å². The lowest BCUT2D eigenvalue weighted by Crippen LogP contribution is -2.42. The second-order valence-electron chi connectivity index (χ2n) is 9.72. The predicted molar refractivity (Wildman–Crippen MR) is 145 cm³/mol. The second kappa shape index (κ2) is 12.7. The van der Waals surface area contributed by atoms with Gasteiger partial charge >= 0.3 is 5.97 Å². The number of hydrogen-bond acceptors (Lipinski definition) is 7. The molecule has 0 bridgehead atoms. The van der Waals surface area contributed by atoms with E-state index in [-0.39, 0.29) is 19.4 Å². The molecule has 1 atom stereocenters. The Morgan fingerprint density at radius 2 is 2.08 bits per heavy atom. The van der Waals surface area contributed by atoms with Gasteiger partial charge in [-0.1, -0.05) is 6.07 Å². The minimum Gasteiger partial charge on any atom is -0.497 e. The van der Waals surface area contributed by atoms with Gasteiger partial charge in [-0.25, -0.2) is 9.37 Å². The molecule has 3 N–H and O–H groups in total. The van der Waals surface area contributed by atoms with Crippen LogP contribution in [0.4, 0.5) is 4.39 Å². The number of carboxylic acids is 1. The largest absolute Gasteiger partial charge is 0.497 e. The summed E-state index contributed by atoms with van der Waals surface area (Å²) in [5, 5.41) is 11.4. The zero-order valence-electron chi connectivity index (χ0n) is 21.2. The van der Waals surface area contributed by atoms with Gasteiger partial charge < -0.3 is 20.5 Å². The molecule has 1 fully saturated rings. The number of piperidine rings is 1. The zero-order valence-corrected chi connectivity index (χ0v) is 22.1. The standard InChI is InChI=1S/C28H35FN4O3S/c1-36-21-5-6-24-22(16-21)27(20(18-30)19-32-24)23(29)7-8-28(17-26(34)35)9-12-33(13-10-28)14-15-37-25-4-2-3-11-31-25/h2-6,11,16,19,23H,7-10,12-15,17-18,30H2,1H3,(H,34,35)/t23-/m0/s1. The van der Waals surface area contributed by atoms with Crippen molar-refractivity contribution in [2.24, 2.45) is 11.1 Å². The molecule has 0 radical (unpaired) electrons. The van der Waals surface area contributed by atoms with Crippen LogP contribution in [0.3, 0.4) is 0 Å². The molecular formula is C28H35FN4O3S. The molecule has 3 heterocycles. The molecule has 0 unspecified atom stereocenters. The van der Waals surface area contributed by atoms with E-state index in [1.807, 2.05) is 24.3 Å². The molecule has 2 aromatic heterocycles. The van der Waals surface area contributed by atoms with E-state index in [2.05, 4.69) is 14.9 Å². The first-order valence-electron chi connectivity index (χ1n) is 12.7. The van der Waals surface area contributed by atoms with Crippen molar-refractivity contribution in [3.8, 4) is 5.75 Å². The fourth-order valence-corrected chi connectivity index (χ4v) is 6.14. The van der Waals surface area contributed by atoms with Crippen LogP contribution in [0, 0.1) is 5.41 Å². The number of rotatable bonds is 12. The van der Waals surface area contributed by atoms with Crippen molar-refractivity contribution in [2.45, 2.75) is 49.8 Å². The first-order chi connectivity index (χ1) is 17.9. The molecule has 3 aromatic rings. The Bertz CT molecular complexity index is 1180. The maximum absolute atomic E-state index is 15.9. The number of nitrogens with zero attached hydrogens (tertiary/aromatic N) is 3. The number of aromatic nitrogens is 2. The lowest BCUT2D eigenvalue weighted by molar-refractivity contribution is -0.141. The van der Waals surface area contributed by atoms with Gasteiger partial charge in [0.2, 0.25) is 0 Å². The van der Waals surface area contributed by atoms with Crippen LogP contribution < -0.4 is 10.5 Å². The highest BCUT2D eigenvalue weighted by atomic mass is 32.2. The molecule has 1 aliphatic heterocycles. The smallest absolute Gasteiger partial charge is 0.303 e. The molecular weight excluding hydrogens is 491 g/mol. The summed E-state index contributed by atoms with van der Waals surface area (Å²) in [6.07, 6.45) is 4.47. The summed E-state index contributed by atoms with van der Waals surface area (Å²) in [5.74, 6) is 0.736. The van der Waals surface area contributed by atoms with Gasteiger partial charge in [-0.3, -0.25) is 9.78 Å². The van der Waals surface area contributed by atoms with Crippen molar-refractivity contribution in [3.63, 3.8) is 0 Å². The normalized spacial score (nSPS) is 16.5. The Labute approximate surface area is 221 Å². The number of ether oxygens (including phenoxy) is 1. The third-order valence-electron chi connectivity index (χ3n) is 7.40. The first-order valence-corrected chi connectivity index (χ1v) is 13.7. The molecule has 0 aliphatic carbocycles. The number of nitrogens with two attached hydrogens (primary N) is 1. The molecule has 198 valence electrons. The fraction of sp³-hybridized carbons (Fsp3) is 0.464. The van der Waals surface area contributed by atoms with E-state index in [1.165, 1.54) is 0 Å².